The Morgan fingerprint density at radius 2 is 1.05 bits per heavy atom. The van der Waals surface area contributed by atoms with Gasteiger partial charge in [0.1, 0.15) is 6.17 Å². The normalized spacial score (nSPS) is 13.1. The lowest BCUT2D eigenvalue weighted by molar-refractivity contribution is -0.254. The molecule has 0 saturated heterocycles. The molecule has 0 spiro atoms. The summed E-state index contributed by atoms with van der Waals surface area (Å²) in [7, 11) is 0. The van der Waals surface area contributed by atoms with E-state index in [4.69, 9.17) is 4.74 Å². The molecule has 0 unspecified atom stereocenters. The van der Waals surface area contributed by atoms with Crippen molar-refractivity contribution in [2.45, 2.75) is 64.8 Å². The van der Waals surface area contributed by atoms with Crippen molar-refractivity contribution in [3.8, 4) is 12.1 Å². The second-order valence-electron chi connectivity index (χ2n) is 5.62. The Labute approximate surface area is 109 Å². The molecule has 0 saturated carbocycles. The van der Waals surface area contributed by atoms with E-state index in [1.165, 1.54) is 0 Å². The van der Waals surface area contributed by atoms with E-state index in [1.54, 1.807) is 0 Å². The van der Waals surface area contributed by atoms with Gasteiger partial charge in [0.15, 0.2) is 0 Å². The van der Waals surface area contributed by atoms with Crippen LogP contribution in [0.1, 0.15) is 41.5 Å². The second kappa shape index (κ2) is 6.51. The zero-order chi connectivity index (χ0) is 16.1. The third-order valence-electron chi connectivity index (χ3n) is 1.17. The van der Waals surface area contributed by atoms with Crippen LogP contribution in [-0.4, -0.2) is 23.3 Å². The minimum absolute atomic E-state index is 0.00549. The molecule has 0 rings (SSSR count). The highest BCUT2D eigenvalue weighted by Gasteiger charge is 2.56. The van der Waals surface area contributed by atoms with E-state index in [0.29, 0.717) is 0 Å². The number of hydrogen-bond acceptors (Lipinski definition) is 1. The Morgan fingerprint density at radius 3 is 1.11 bits per heavy atom. The summed E-state index contributed by atoms with van der Waals surface area (Å²) in [5.74, 6) is -5.16. The fourth-order valence-corrected chi connectivity index (χ4v) is 1.05. The highest BCUT2D eigenvalue weighted by atomic mass is 19.4. The number of ether oxygens (including phenoxy) is 1. The quantitative estimate of drug-likeness (QED) is 0.464. The predicted molar refractivity (Wildman–Crippen MR) is 60.5 cm³/mol. The molecule has 0 aromatic carbocycles. The lowest BCUT2D eigenvalue weighted by Crippen LogP contribution is -2.34. The van der Waals surface area contributed by atoms with Crippen molar-refractivity contribution < 1.29 is 31.1 Å². The average molecular weight is 292 g/mol. The summed E-state index contributed by atoms with van der Waals surface area (Å²) in [5, 5.41) is 0. The van der Waals surface area contributed by atoms with Gasteiger partial charge in [-0.15, -0.1) is 4.39 Å². The van der Waals surface area contributed by atoms with Gasteiger partial charge in [0, 0.05) is 5.92 Å². The van der Waals surface area contributed by atoms with Gasteiger partial charge in [0.25, 0.3) is 0 Å². The van der Waals surface area contributed by atoms with Crippen LogP contribution in [0.4, 0.5) is 26.3 Å². The van der Waals surface area contributed by atoms with Crippen LogP contribution in [0.25, 0.3) is 0 Å². The van der Waals surface area contributed by atoms with Gasteiger partial charge in [0.2, 0.25) is 0 Å². The van der Waals surface area contributed by atoms with Crippen LogP contribution in [0.15, 0.2) is 0 Å². The molecule has 1 nitrogen and oxygen atoms in total. The van der Waals surface area contributed by atoms with Gasteiger partial charge in [0.05, 0.1) is 11.2 Å². The molecule has 0 bridgehead atoms. The molecule has 0 aromatic rings. The van der Waals surface area contributed by atoms with Gasteiger partial charge >= 0.3 is 12.1 Å². The van der Waals surface area contributed by atoms with Crippen LogP contribution in [0.5, 0.6) is 0 Å². The largest absolute Gasteiger partial charge is 0.466 e. The zero-order valence-electron chi connectivity index (χ0n) is 11.7. The maximum Gasteiger partial charge on any atom is 0.466 e. The molecule has 114 valence electrons. The van der Waals surface area contributed by atoms with E-state index < -0.39 is 12.1 Å². The van der Waals surface area contributed by atoms with Crippen molar-refractivity contribution in [3.63, 3.8) is 0 Å². The third-order valence-corrected chi connectivity index (χ3v) is 1.17. The Hall–Kier alpha value is -0.900. The van der Waals surface area contributed by atoms with Gasteiger partial charge in [-0.05, 0) is 41.5 Å². The third kappa shape index (κ3) is 11.9. The summed E-state index contributed by atoms with van der Waals surface area (Å²) in [4.78, 5) is 0. The van der Waals surface area contributed by atoms with Gasteiger partial charge < -0.3 is 4.74 Å². The fraction of sp³-hybridized carbons (Fsp3) is 0.833. The molecular formula is C12H18F6O. The fourth-order valence-electron chi connectivity index (χ4n) is 1.05. The minimum Gasteiger partial charge on any atom is -0.370 e. The highest BCUT2D eigenvalue weighted by Crippen LogP contribution is 2.34. The maximum absolute atomic E-state index is 11.4. The van der Waals surface area contributed by atoms with Crippen LogP contribution >= 0.6 is 0 Å². The first-order valence-electron chi connectivity index (χ1n) is 5.29. The van der Waals surface area contributed by atoms with Crippen LogP contribution in [0.2, 0.25) is 0 Å². The van der Waals surface area contributed by atoms with Crippen molar-refractivity contribution >= 4 is 0 Å². The lowest BCUT2D eigenvalue weighted by atomic mass is 10.1. The summed E-state index contributed by atoms with van der Waals surface area (Å²) in [6, 6.07) is 0. The molecule has 0 heterocycles. The predicted octanol–water partition coefficient (Wildman–Crippen LogP) is 4.71. The van der Waals surface area contributed by atoms with Gasteiger partial charge in [-0.3, -0.25) is 0 Å². The van der Waals surface area contributed by atoms with Crippen LogP contribution < -0.4 is 0 Å². The van der Waals surface area contributed by atoms with E-state index in [9.17, 15) is 26.3 Å². The molecule has 0 aromatic heterocycles. The molecule has 0 amide bonds. The summed E-state index contributed by atoms with van der Waals surface area (Å²) in [6.07, 6.45) is -5.81. The summed E-state index contributed by atoms with van der Waals surface area (Å²) < 4.78 is 72.1. The smallest absolute Gasteiger partial charge is 0.370 e. The zero-order valence-corrected chi connectivity index (χ0v) is 11.7. The first-order chi connectivity index (χ1) is 8.02. The van der Waals surface area contributed by atoms with Crippen molar-refractivity contribution in [2.75, 3.05) is 0 Å². The molecule has 0 N–H and O–H groups in total. The molecule has 0 aliphatic rings. The van der Waals surface area contributed by atoms with Crippen LogP contribution in [0.3, 0.4) is 0 Å². The maximum atomic E-state index is 11.4. The average Bonchev–Trinajstić information content (AvgIpc) is 1.94. The molecular weight excluding hydrogens is 274 g/mol. The highest BCUT2D eigenvalue weighted by molar-refractivity contribution is 5.08. The Kier molecular flexibility index (Phi) is 6.99. The molecule has 7 heteroatoms. The molecule has 0 radical (unpaired) electrons. The number of rotatable bonds is 0. The van der Waals surface area contributed by atoms with Gasteiger partial charge in [-0.1, -0.05) is 0 Å². The Balaban J connectivity index is 0. The monoisotopic (exact) mass is 292 g/mol. The summed E-state index contributed by atoms with van der Waals surface area (Å²) >= 11 is 0. The van der Waals surface area contributed by atoms with Crippen molar-refractivity contribution in [3.05, 3.63) is 0 Å². The number of hydrogen-bond donors (Lipinski definition) is 0. The molecule has 0 atom stereocenters. The van der Waals surface area contributed by atoms with E-state index in [0.717, 1.165) is 0 Å². The summed E-state index contributed by atoms with van der Waals surface area (Å²) in [6.45, 7) is 12.4. The molecule has 0 fully saturated rings. The molecule has 19 heavy (non-hydrogen) atoms. The molecule has 0 aliphatic heterocycles. The van der Waals surface area contributed by atoms with Crippen molar-refractivity contribution in [1.82, 2.24) is 0 Å². The lowest BCUT2D eigenvalue weighted by Gasteiger charge is -2.30. The van der Waals surface area contributed by atoms with E-state index in [2.05, 4.69) is 41.5 Å². The van der Waals surface area contributed by atoms with Gasteiger partial charge in [-0.25, -0.2) is 0 Å². The van der Waals surface area contributed by atoms with E-state index in [-0.39, 0.29) is 23.3 Å². The van der Waals surface area contributed by atoms with E-state index in [1.807, 2.05) is 0 Å². The van der Waals surface area contributed by atoms with Crippen molar-refractivity contribution in [2.24, 2.45) is 0 Å². The Morgan fingerprint density at radius 1 is 0.737 bits per heavy atom. The second-order valence-corrected chi connectivity index (χ2v) is 5.62. The minimum atomic E-state index is -5.80. The van der Waals surface area contributed by atoms with Gasteiger partial charge in [-0.2, -0.15) is 22.0 Å². The van der Waals surface area contributed by atoms with Crippen LogP contribution in [-0.2, 0) is 4.74 Å². The Bertz CT molecular complexity index is 309. The van der Waals surface area contributed by atoms with E-state index >= 15 is 0 Å². The summed E-state index contributed by atoms with van der Waals surface area (Å²) in [5.41, 5.74) is -0.0312. The topological polar surface area (TPSA) is 9.23 Å². The van der Waals surface area contributed by atoms with Crippen LogP contribution in [0, 0.1) is 12.1 Å². The van der Waals surface area contributed by atoms with Crippen molar-refractivity contribution in [1.29, 1.82) is 0 Å². The first-order valence-corrected chi connectivity index (χ1v) is 5.29. The standard InChI is InChI=1S/C8H18O.C4F6/c1-7(2,3)9-8(4,5)6;5-2-1-3(6,7)4(8,9)10/h1-6H3;. The number of halogens is 6. The number of alkyl halides is 5. The first kappa shape index (κ1) is 20.4. The SMILES string of the molecule is CC(C)(C)OC(C)(C)C.FC#CC(F)(F)C(F)(F)F. The molecule has 0 aliphatic carbocycles.